The van der Waals surface area contributed by atoms with E-state index in [1.54, 1.807) is 0 Å². The molecule has 0 unspecified atom stereocenters. The normalized spacial score (nSPS) is 17.9. The quantitative estimate of drug-likeness (QED) is 0.542. The highest BCUT2D eigenvalue weighted by molar-refractivity contribution is 7.09. The topological polar surface area (TPSA) is 69.1 Å². The average molecular weight is 444 g/mol. The molecule has 0 saturated carbocycles. The summed E-state index contributed by atoms with van der Waals surface area (Å²) in [6.45, 7) is 12.9. The number of hydrogen-bond donors (Lipinski definition) is 1. The average Bonchev–Trinajstić information content (AvgIpc) is 3.32. The minimum absolute atomic E-state index is 0.673. The summed E-state index contributed by atoms with van der Waals surface area (Å²) >= 11 is 1.51. The number of nitrogens with zero attached hydrogens (tertiary/aromatic N) is 6. The zero-order valence-electron chi connectivity index (χ0n) is 18.6. The van der Waals surface area contributed by atoms with Crippen LogP contribution in [0.1, 0.15) is 25.2 Å². The second-order valence-electron chi connectivity index (χ2n) is 7.72. The van der Waals surface area contributed by atoms with Crippen molar-refractivity contribution in [1.29, 1.82) is 0 Å². The molecule has 168 valence electrons. The van der Waals surface area contributed by atoms with E-state index in [2.05, 4.69) is 67.5 Å². The van der Waals surface area contributed by atoms with Gasteiger partial charge < -0.3 is 24.8 Å². The molecule has 0 aliphatic carbocycles. The van der Waals surface area contributed by atoms with E-state index in [-0.39, 0.29) is 0 Å². The van der Waals surface area contributed by atoms with Gasteiger partial charge in [-0.25, -0.2) is 9.98 Å². The fourth-order valence-corrected chi connectivity index (χ4v) is 4.77. The summed E-state index contributed by atoms with van der Waals surface area (Å²) in [4.78, 5) is 16.8. The van der Waals surface area contributed by atoms with E-state index < -0.39 is 0 Å². The molecule has 2 aliphatic heterocycles. The Bertz CT molecular complexity index is 857. The van der Waals surface area contributed by atoms with Crippen molar-refractivity contribution in [1.82, 2.24) is 19.6 Å². The van der Waals surface area contributed by atoms with Crippen molar-refractivity contribution in [2.75, 3.05) is 68.8 Å². The third-order valence-electron chi connectivity index (χ3n) is 5.70. The first-order valence-corrected chi connectivity index (χ1v) is 12.1. The second-order valence-corrected chi connectivity index (χ2v) is 8.45. The summed E-state index contributed by atoms with van der Waals surface area (Å²) in [5, 5.41) is 4.53. The predicted octanol–water partition coefficient (Wildman–Crippen LogP) is 2.22. The first kappa shape index (κ1) is 21.8. The Labute approximate surface area is 189 Å². The van der Waals surface area contributed by atoms with Crippen LogP contribution in [0, 0.1) is 0 Å². The van der Waals surface area contributed by atoms with Crippen LogP contribution in [0.3, 0.4) is 0 Å². The number of guanidine groups is 1. The number of aromatic nitrogens is 2. The van der Waals surface area contributed by atoms with E-state index in [0.717, 1.165) is 82.4 Å². The Balaban J connectivity index is 1.41. The van der Waals surface area contributed by atoms with Gasteiger partial charge in [0.05, 0.1) is 19.8 Å². The van der Waals surface area contributed by atoms with Crippen molar-refractivity contribution >= 4 is 28.3 Å². The van der Waals surface area contributed by atoms with Crippen LogP contribution in [0.5, 0.6) is 0 Å². The molecular formula is C22H33N7OS. The van der Waals surface area contributed by atoms with E-state index in [0.29, 0.717) is 6.54 Å². The maximum Gasteiger partial charge on any atom is 0.205 e. The summed E-state index contributed by atoms with van der Waals surface area (Å²) in [6.07, 6.45) is 0.889. The van der Waals surface area contributed by atoms with Crippen molar-refractivity contribution in [3.8, 4) is 0 Å². The maximum absolute atomic E-state index is 5.52. The lowest BCUT2D eigenvalue weighted by molar-refractivity contribution is 0.122. The van der Waals surface area contributed by atoms with Gasteiger partial charge >= 0.3 is 0 Å². The maximum atomic E-state index is 5.52. The molecule has 1 N–H and O–H groups in total. The van der Waals surface area contributed by atoms with Crippen molar-refractivity contribution in [3.63, 3.8) is 0 Å². The van der Waals surface area contributed by atoms with Gasteiger partial charge in [0.25, 0.3) is 0 Å². The molecule has 0 radical (unpaired) electrons. The number of rotatable bonds is 6. The molecule has 31 heavy (non-hydrogen) atoms. The lowest BCUT2D eigenvalue weighted by Gasteiger charge is -2.36. The van der Waals surface area contributed by atoms with Crippen molar-refractivity contribution in [2.24, 2.45) is 4.99 Å². The number of morpholine rings is 1. The molecule has 8 nitrogen and oxygen atoms in total. The molecule has 0 spiro atoms. The number of aliphatic imine (C=N–C) groups is 1. The highest BCUT2D eigenvalue weighted by Gasteiger charge is 2.22. The highest BCUT2D eigenvalue weighted by Crippen LogP contribution is 2.23. The van der Waals surface area contributed by atoms with Gasteiger partial charge in [0.2, 0.25) is 5.13 Å². The van der Waals surface area contributed by atoms with Gasteiger partial charge in [0.1, 0.15) is 5.82 Å². The van der Waals surface area contributed by atoms with Gasteiger partial charge in [-0.2, -0.15) is 4.37 Å². The van der Waals surface area contributed by atoms with E-state index in [1.165, 1.54) is 22.8 Å². The van der Waals surface area contributed by atoms with Gasteiger partial charge in [-0.05, 0) is 18.6 Å². The number of para-hydroxylation sites is 1. The summed E-state index contributed by atoms with van der Waals surface area (Å²) in [5.74, 6) is 1.93. The molecule has 4 rings (SSSR count). The summed E-state index contributed by atoms with van der Waals surface area (Å²) < 4.78 is 9.95. The van der Waals surface area contributed by atoms with Crippen LogP contribution in [-0.2, 0) is 17.7 Å². The number of ether oxygens (including phenoxy) is 1. The van der Waals surface area contributed by atoms with E-state index in [9.17, 15) is 0 Å². The standard InChI is InChI=1S/C22H33N7OS/c1-3-20-25-22(31-26-20)29-11-9-28(10-12-29)21(23-4-2)24-17-18-7-5-6-8-19(18)27-13-15-30-16-14-27/h5-8H,3-4,9-17H2,1-2H3,(H,23,24). The van der Waals surface area contributed by atoms with Gasteiger partial charge in [-0.15, -0.1) is 0 Å². The number of hydrogen-bond acceptors (Lipinski definition) is 7. The van der Waals surface area contributed by atoms with Crippen LogP contribution in [0.4, 0.5) is 10.8 Å². The molecule has 2 aliphatic rings. The minimum Gasteiger partial charge on any atom is -0.378 e. The molecule has 3 heterocycles. The lowest BCUT2D eigenvalue weighted by Crippen LogP contribution is -2.52. The van der Waals surface area contributed by atoms with E-state index in [1.807, 2.05) is 0 Å². The molecule has 2 saturated heterocycles. The van der Waals surface area contributed by atoms with Gasteiger partial charge in [0.15, 0.2) is 5.96 Å². The lowest BCUT2D eigenvalue weighted by atomic mass is 10.1. The van der Waals surface area contributed by atoms with E-state index in [4.69, 9.17) is 9.73 Å². The largest absolute Gasteiger partial charge is 0.378 e. The summed E-state index contributed by atoms with van der Waals surface area (Å²) in [7, 11) is 0. The zero-order valence-corrected chi connectivity index (χ0v) is 19.4. The van der Waals surface area contributed by atoms with Crippen molar-refractivity contribution in [2.45, 2.75) is 26.8 Å². The molecule has 0 bridgehead atoms. The van der Waals surface area contributed by atoms with Crippen LogP contribution in [0.2, 0.25) is 0 Å². The number of piperazine rings is 1. The van der Waals surface area contributed by atoms with Crippen molar-refractivity contribution in [3.05, 3.63) is 35.7 Å². The number of nitrogens with one attached hydrogen (secondary N) is 1. The molecule has 9 heteroatoms. The summed E-state index contributed by atoms with van der Waals surface area (Å²) in [5.41, 5.74) is 2.54. The minimum atomic E-state index is 0.673. The molecular weight excluding hydrogens is 410 g/mol. The van der Waals surface area contributed by atoms with E-state index >= 15 is 0 Å². The van der Waals surface area contributed by atoms with Crippen molar-refractivity contribution < 1.29 is 4.74 Å². The Kier molecular flexibility index (Phi) is 7.58. The molecule has 2 fully saturated rings. The SMILES string of the molecule is CCNC(=NCc1ccccc1N1CCOCC1)N1CCN(c2nc(CC)ns2)CC1. The Hall–Kier alpha value is -2.39. The third-order valence-corrected chi connectivity index (χ3v) is 6.52. The highest BCUT2D eigenvalue weighted by atomic mass is 32.1. The fourth-order valence-electron chi connectivity index (χ4n) is 3.97. The smallest absolute Gasteiger partial charge is 0.205 e. The molecule has 1 aromatic carbocycles. The molecule has 1 aromatic heterocycles. The number of aryl methyl sites for hydroxylation is 1. The van der Waals surface area contributed by atoms with Crippen LogP contribution < -0.4 is 15.1 Å². The molecule has 2 aromatic rings. The first-order chi connectivity index (χ1) is 15.3. The van der Waals surface area contributed by atoms with Crippen LogP contribution in [0.15, 0.2) is 29.3 Å². The molecule has 0 atom stereocenters. The first-order valence-electron chi connectivity index (χ1n) is 11.3. The Morgan fingerprint density at radius 1 is 1.06 bits per heavy atom. The number of benzene rings is 1. The summed E-state index contributed by atoms with van der Waals surface area (Å²) in [6, 6.07) is 8.61. The Morgan fingerprint density at radius 3 is 2.55 bits per heavy atom. The fraction of sp³-hybridized carbons (Fsp3) is 0.591. The third kappa shape index (κ3) is 5.46. The monoisotopic (exact) mass is 443 g/mol. The second kappa shape index (κ2) is 10.8. The Morgan fingerprint density at radius 2 is 1.84 bits per heavy atom. The zero-order chi connectivity index (χ0) is 21.5. The number of anilines is 2. The van der Waals surface area contributed by atoms with Gasteiger partial charge in [0, 0.05) is 69.5 Å². The molecule has 0 amide bonds. The van der Waals surface area contributed by atoms with Crippen LogP contribution in [0.25, 0.3) is 0 Å². The van der Waals surface area contributed by atoms with Crippen LogP contribution in [-0.4, -0.2) is 79.2 Å². The predicted molar refractivity (Wildman–Crippen MR) is 127 cm³/mol. The van der Waals surface area contributed by atoms with Crippen LogP contribution >= 0.6 is 11.5 Å². The van der Waals surface area contributed by atoms with Gasteiger partial charge in [-0.3, -0.25) is 0 Å². The van der Waals surface area contributed by atoms with Gasteiger partial charge in [-0.1, -0.05) is 25.1 Å².